The van der Waals surface area contributed by atoms with Crippen molar-refractivity contribution in [1.29, 1.82) is 0 Å². The lowest BCUT2D eigenvalue weighted by Gasteiger charge is -2.42. The minimum Gasteiger partial charge on any atom is -0.385 e. The lowest BCUT2D eigenvalue weighted by atomic mass is 9.78. The molecule has 21 heavy (non-hydrogen) atoms. The summed E-state index contributed by atoms with van der Waals surface area (Å²) in [7, 11) is 3.76. The highest BCUT2D eigenvalue weighted by atomic mass is 16.5. The summed E-state index contributed by atoms with van der Waals surface area (Å²) in [6.45, 7) is 5.04. The van der Waals surface area contributed by atoms with Crippen LogP contribution in [0.5, 0.6) is 0 Å². The molecule has 118 valence electrons. The number of methoxy groups -OCH3 is 1. The van der Waals surface area contributed by atoms with E-state index < -0.39 is 0 Å². The van der Waals surface area contributed by atoms with E-state index in [0.717, 1.165) is 52.1 Å². The molecule has 5 heteroatoms. The molecule has 0 amide bonds. The molecule has 1 aromatic heterocycles. The second kappa shape index (κ2) is 6.46. The van der Waals surface area contributed by atoms with E-state index in [1.165, 1.54) is 12.0 Å². The second-order valence-electron chi connectivity index (χ2n) is 6.48. The molecular formula is C16H27N3O2. The summed E-state index contributed by atoms with van der Waals surface area (Å²) in [4.78, 5) is 2.53. The first-order valence-electron chi connectivity index (χ1n) is 8.05. The highest BCUT2D eigenvalue weighted by Crippen LogP contribution is 2.42. The zero-order valence-corrected chi connectivity index (χ0v) is 13.3. The van der Waals surface area contributed by atoms with Gasteiger partial charge in [0.05, 0.1) is 11.8 Å². The number of ether oxygens (including phenoxy) is 2. The van der Waals surface area contributed by atoms with Crippen LogP contribution in [0.4, 0.5) is 0 Å². The highest BCUT2D eigenvalue weighted by molar-refractivity contribution is 5.04. The Morgan fingerprint density at radius 1 is 1.43 bits per heavy atom. The maximum atomic E-state index is 6.20. The standard InChI is InChI=1S/C16H27N3O2/c1-18-12-14(11-17-18)13-19-7-5-16(6-8-19)15(3-9-20-2)4-10-21-16/h11-12,15H,3-10,13H2,1-2H3. The summed E-state index contributed by atoms with van der Waals surface area (Å²) in [5.41, 5.74) is 1.43. The molecule has 0 aliphatic carbocycles. The number of nitrogens with zero attached hydrogens (tertiary/aromatic N) is 3. The Morgan fingerprint density at radius 3 is 2.90 bits per heavy atom. The molecule has 1 spiro atoms. The Balaban J connectivity index is 1.54. The molecule has 0 radical (unpaired) electrons. The van der Waals surface area contributed by atoms with Crippen LogP contribution in [0.25, 0.3) is 0 Å². The normalized spacial score (nSPS) is 25.7. The van der Waals surface area contributed by atoms with Crippen LogP contribution in [0.15, 0.2) is 12.4 Å². The fourth-order valence-electron chi connectivity index (χ4n) is 3.91. The quantitative estimate of drug-likeness (QED) is 0.830. The molecule has 1 aromatic rings. The first-order chi connectivity index (χ1) is 10.2. The van der Waals surface area contributed by atoms with Gasteiger partial charge in [0.25, 0.3) is 0 Å². The fourth-order valence-corrected chi connectivity index (χ4v) is 3.91. The smallest absolute Gasteiger partial charge is 0.0736 e. The van der Waals surface area contributed by atoms with E-state index in [-0.39, 0.29) is 5.60 Å². The van der Waals surface area contributed by atoms with Gasteiger partial charge < -0.3 is 9.47 Å². The van der Waals surface area contributed by atoms with Crippen molar-refractivity contribution in [1.82, 2.24) is 14.7 Å². The van der Waals surface area contributed by atoms with E-state index in [4.69, 9.17) is 9.47 Å². The van der Waals surface area contributed by atoms with Crippen molar-refractivity contribution in [2.45, 2.75) is 37.8 Å². The van der Waals surface area contributed by atoms with Gasteiger partial charge in [0.2, 0.25) is 0 Å². The van der Waals surface area contributed by atoms with E-state index in [1.807, 2.05) is 17.9 Å². The number of piperidine rings is 1. The van der Waals surface area contributed by atoms with Gasteiger partial charge in [-0.25, -0.2) is 0 Å². The van der Waals surface area contributed by atoms with E-state index >= 15 is 0 Å². The number of rotatable bonds is 5. The van der Waals surface area contributed by atoms with Crippen LogP contribution in [-0.4, -0.2) is 53.7 Å². The van der Waals surface area contributed by atoms with Crippen LogP contribution >= 0.6 is 0 Å². The minimum atomic E-state index is 0.129. The van der Waals surface area contributed by atoms with Crippen LogP contribution in [0.3, 0.4) is 0 Å². The third-order valence-electron chi connectivity index (χ3n) is 5.14. The lowest BCUT2D eigenvalue weighted by molar-refractivity contribution is -0.0721. The molecule has 2 aliphatic rings. The van der Waals surface area contributed by atoms with Crippen LogP contribution in [0.1, 0.15) is 31.2 Å². The van der Waals surface area contributed by atoms with Gasteiger partial charge in [0.1, 0.15) is 0 Å². The van der Waals surface area contributed by atoms with Gasteiger partial charge in [-0.2, -0.15) is 5.10 Å². The molecular weight excluding hydrogens is 266 g/mol. The van der Waals surface area contributed by atoms with Crippen molar-refractivity contribution in [3.8, 4) is 0 Å². The summed E-state index contributed by atoms with van der Waals surface area (Å²) in [5.74, 6) is 0.679. The van der Waals surface area contributed by atoms with Crippen molar-refractivity contribution in [3.05, 3.63) is 18.0 Å². The first kappa shape index (κ1) is 15.0. The third-order valence-corrected chi connectivity index (χ3v) is 5.14. The second-order valence-corrected chi connectivity index (χ2v) is 6.48. The molecule has 5 nitrogen and oxygen atoms in total. The predicted molar refractivity (Wildman–Crippen MR) is 81.0 cm³/mol. The zero-order chi connectivity index (χ0) is 14.7. The molecule has 0 N–H and O–H groups in total. The molecule has 1 atom stereocenters. The number of aryl methyl sites for hydroxylation is 1. The molecule has 3 heterocycles. The van der Waals surface area contributed by atoms with E-state index in [9.17, 15) is 0 Å². The lowest BCUT2D eigenvalue weighted by Crippen LogP contribution is -2.47. The number of aromatic nitrogens is 2. The molecule has 0 saturated carbocycles. The van der Waals surface area contributed by atoms with Crippen molar-refractivity contribution >= 4 is 0 Å². The van der Waals surface area contributed by atoms with Gasteiger partial charge in [-0.15, -0.1) is 0 Å². The number of likely N-dealkylation sites (tertiary alicyclic amines) is 1. The highest BCUT2D eigenvalue weighted by Gasteiger charge is 2.45. The van der Waals surface area contributed by atoms with Crippen molar-refractivity contribution in [3.63, 3.8) is 0 Å². The van der Waals surface area contributed by atoms with E-state index in [2.05, 4.69) is 16.2 Å². The van der Waals surface area contributed by atoms with Crippen LogP contribution in [0.2, 0.25) is 0 Å². The minimum absolute atomic E-state index is 0.129. The first-order valence-corrected chi connectivity index (χ1v) is 8.05. The van der Waals surface area contributed by atoms with Gasteiger partial charge >= 0.3 is 0 Å². The van der Waals surface area contributed by atoms with Crippen LogP contribution in [0, 0.1) is 5.92 Å². The number of hydrogen-bond acceptors (Lipinski definition) is 4. The zero-order valence-electron chi connectivity index (χ0n) is 13.3. The predicted octanol–water partition coefficient (Wildman–Crippen LogP) is 1.83. The summed E-state index contributed by atoms with van der Waals surface area (Å²) < 4.78 is 13.3. The third kappa shape index (κ3) is 3.30. The maximum absolute atomic E-state index is 6.20. The van der Waals surface area contributed by atoms with Gasteiger partial charge in [0, 0.05) is 58.8 Å². The van der Waals surface area contributed by atoms with Gasteiger partial charge in [0.15, 0.2) is 0 Å². The molecule has 2 aliphatic heterocycles. The SMILES string of the molecule is COCCC1CCOC12CCN(Cc1cnn(C)c1)CC2. The Hall–Kier alpha value is -0.910. The average molecular weight is 293 g/mol. The molecule has 1 unspecified atom stereocenters. The average Bonchev–Trinajstić information content (AvgIpc) is 3.06. The fraction of sp³-hybridized carbons (Fsp3) is 0.812. The topological polar surface area (TPSA) is 39.5 Å². The van der Waals surface area contributed by atoms with Gasteiger partial charge in [-0.3, -0.25) is 9.58 Å². The van der Waals surface area contributed by atoms with Crippen LogP contribution in [-0.2, 0) is 23.1 Å². The van der Waals surface area contributed by atoms with Crippen molar-refractivity contribution in [2.24, 2.45) is 13.0 Å². The summed E-state index contributed by atoms with van der Waals surface area (Å²) in [6.07, 6.45) is 8.73. The molecule has 2 saturated heterocycles. The summed E-state index contributed by atoms with van der Waals surface area (Å²) in [6, 6.07) is 0. The molecule has 0 aromatic carbocycles. The summed E-state index contributed by atoms with van der Waals surface area (Å²) >= 11 is 0. The molecule has 3 rings (SSSR count). The largest absolute Gasteiger partial charge is 0.385 e. The van der Waals surface area contributed by atoms with E-state index in [1.54, 1.807) is 7.11 Å². The Bertz CT molecular complexity index is 452. The van der Waals surface area contributed by atoms with Crippen LogP contribution < -0.4 is 0 Å². The summed E-state index contributed by atoms with van der Waals surface area (Å²) in [5, 5.41) is 4.25. The van der Waals surface area contributed by atoms with Gasteiger partial charge in [-0.1, -0.05) is 0 Å². The van der Waals surface area contributed by atoms with Crippen molar-refractivity contribution < 1.29 is 9.47 Å². The van der Waals surface area contributed by atoms with Crippen molar-refractivity contribution in [2.75, 3.05) is 33.4 Å². The maximum Gasteiger partial charge on any atom is 0.0736 e. The molecule has 2 fully saturated rings. The van der Waals surface area contributed by atoms with E-state index in [0.29, 0.717) is 5.92 Å². The Kier molecular flexibility index (Phi) is 4.62. The number of hydrogen-bond donors (Lipinski definition) is 0. The Morgan fingerprint density at radius 2 is 2.24 bits per heavy atom. The van der Waals surface area contributed by atoms with Gasteiger partial charge in [-0.05, 0) is 31.6 Å². The monoisotopic (exact) mass is 293 g/mol. The molecule has 0 bridgehead atoms. The Labute approximate surface area is 127 Å².